The topological polar surface area (TPSA) is 8.17 Å². The van der Waals surface area contributed by atoms with Gasteiger partial charge in [0.05, 0.1) is 16.4 Å². The molecule has 0 spiro atoms. The predicted molar refractivity (Wildman–Crippen MR) is 288 cm³/mol. The Morgan fingerprint density at radius 1 is 0.412 bits per heavy atom. The van der Waals surface area contributed by atoms with Gasteiger partial charge in [0.25, 0.3) is 0 Å². The van der Waals surface area contributed by atoms with Gasteiger partial charge < -0.3 is 9.47 Å². The van der Waals surface area contributed by atoms with Crippen molar-refractivity contribution in [1.29, 1.82) is 0 Å². The number of rotatable bonds is 10. The number of hydrogen-bond acceptors (Lipinski definition) is 1. The molecule has 0 radical (unpaired) electrons. The van der Waals surface area contributed by atoms with Crippen LogP contribution in [0.1, 0.15) is 40.3 Å². The molecule has 0 unspecified atom stereocenters. The summed E-state index contributed by atoms with van der Waals surface area (Å²) in [5.41, 5.74) is 20.7. The largest absolute Gasteiger partial charge is 0.310 e. The smallest absolute Gasteiger partial charge is 0.0714 e. The number of anilines is 3. The Balaban J connectivity index is 1.01. The van der Waals surface area contributed by atoms with E-state index < -0.39 is 5.41 Å². The number of nitrogens with zero attached hydrogens (tertiary/aromatic N) is 2. The SMILES string of the molecule is C=Cc1cc(N(c2cccc(-c3cccc(-c4ccc5c(c4)c4ccccc4n5-c4ccccc4)c3)c2)c2ccc3c(c2)C(c2ccccc2)(c2ccccc2)c2ccccc2-3)ccc1/C=C\C. The first-order valence-electron chi connectivity index (χ1n) is 23.5. The first-order chi connectivity index (χ1) is 33.6. The van der Waals surface area contributed by atoms with Crippen LogP contribution in [0, 0.1) is 0 Å². The van der Waals surface area contributed by atoms with Crippen molar-refractivity contribution in [1.82, 2.24) is 4.57 Å². The minimum absolute atomic E-state index is 0.528. The highest BCUT2D eigenvalue weighted by molar-refractivity contribution is 6.10. The maximum Gasteiger partial charge on any atom is 0.0714 e. The summed E-state index contributed by atoms with van der Waals surface area (Å²) >= 11 is 0. The Kier molecular flexibility index (Phi) is 10.1. The molecular formula is C66H48N2. The number of benzene rings is 10. The Hall–Kier alpha value is -8.72. The molecule has 2 heteroatoms. The minimum atomic E-state index is -0.528. The van der Waals surface area contributed by atoms with E-state index in [1.54, 1.807) is 0 Å². The van der Waals surface area contributed by atoms with E-state index in [-0.39, 0.29) is 0 Å². The van der Waals surface area contributed by atoms with Crippen molar-refractivity contribution in [2.24, 2.45) is 0 Å². The zero-order valence-corrected chi connectivity index (χ0v) is 37.9. The van der Waals surface area contributed by atoms with Crippen LogP contribution in [0.15, 0.2) is 255 Å². The van der Waals surface area contributed by atoms with Crippen LogP contribution in [-0.4, -0.2) is 4.57 Å². The molecule has 11 aromatic rings. The fourth-order valence-corrected chi connectivity index (χ4v) is 10.9. The van der Waals surface area contributed by atoms with Crippen LogP contribution in [0.4, 0.5) is 17.1 Å². The molecule has 1 aliphatic rings. The molecule has 1 aromatic heterocycles. The van der Waals surface area contributed by atoms with E-state index in [0.29, 0.717) is 0 Å². The van der Waals surface area contributed by atoms with Gasteiger partial charge in [-0.15, -0.1) is 0 Å². The van der Waals surface area contributed by atoms with E-state index in [9.17, 15) is 0 Å². The fourth-order valence-electron chi connectivity index (χ4n) is 10.9. The van der Waals surface area contributed by atoms with E-state index in [4.69, 9.17) is 0 Å². The van der Waals surface area contributed by atoms with Crippen LogP contribution in [-0.2, 0) is 5.41 Å². The number of hydrogen-bond donors (Lipinski definition) is 0. The normalized spacial score (nSPS) is 12.6. The van der Waals surface area contributed by atoms with Crippen LogP contribution < -0.4 is 4.90 Å². The van der Waals surface area contributed by atoms with Crippen molar-refractivity contribution in [3.05, 3.63) is 289 Å². The molecule has 68 heavy (non-hydrogen) atoms. The number of fused-ring (bicyclic) bond motifs is 6. The van der Waals surface area contributed by atoms with Gasteiger partial charge in [-0.05, 0) is 146 Å². The third-order valence-corrected chi connectivity index (χ3v) is 13.9. The van der Waals surface area contributed by atoms with Crippen molar-refractivity contribution in [2.45, 2.75) is 12.3 Å². The molecule has 10 aromatic carbocycles. The summed E-state index contributed by atoms with van der Waals surface area (Å²) in [4.78, 5) is 2.42. The quantitative estimate of drug-likeness (QED) is 0.133. The zero-order valence-electron chi connectivity index (χ0n) is 37.9. The molecule has 1 aliphatic carbocycles. The summed E-state index contributed by atoms with van der Waals surface area (Å²) in [7, 11) is 0. The van der Waals surface area contributed by atoms with E-state index in [1.165, 1.54) is 66.3 Å². The zero-order chi connectivity index (χ0) is 45.6. The molecule has 0 atom stereocenters. The van der Waals surface area contributed by atoms with Gasteiger partial charge in [0, 0.05) is 33.5 Å². The van der Waals surface area contributed by atoms with Crippen molar-refractivity contribution < 1.29 is 0 Å². The molecule has 1 heterocycles. The molecule has 0 saturated heterocycles. The molecule has 0 bridgehead atoms. The molecule has 0 saturated carbocycles. The van der Waals surface area contributed by atoms with E-state index >= 15 is 0 Å². The molecular weight excluding hydrogens is 821 g/mol. The van der Waals surface area contributed by atoms with Gasteiger partial charge >= 0.3 is 0 Å². The lowest BCUT2D eigenvalue weighted by Crippen LogP contribution is -2.28. The summed E-state index contributed by atoms with van der Waals surface area (Å²) in [6.45, 7) is 6.32. The average Bonchev–Trinajstić information content (AvgIpc) is 3.90. The molecule has 0 aliphatic heterocycles. The third kappa shape index (κ3) is 6.64. The lowest BCUT2D eigenvalue weighted by molar-refractivity contribution is 0.768. The lowest BCUT2D eigenvalue weighted by Gasteiger charge is -2.35. The van der Waals surface area contributed by atoms with Crippen LogP contribution in [0.3, 0.4) is 0 Å². The van der Waals surface area contributed by atoms with Gasteiger partial charge in [-0.1, -0.05) is 195 Å². The van der Waals surface area contributed by atoms with Crippen molar-refractivity contribution in [2.75, 3.05) is 4.90 Å². The standard InChI is InChI=1S/C66H48N2/c1-3-20-47-35-37-56(42-46(47)4-2)67(57-38-39-59-58-31-14-16-33-62(58)66(63(59)45-57,52-24-8-5-9-25-52)53-26-10-6-11-27-53)55-30-19-23-50(43-55)48-21-18-22-49(41-48)51-36-40-65-61(44-51)60-32-15-17-34-64(60)68(65)54-28-12-7-13-29-54/h3-45H,2H2,1H3/b20-3-. The summed E-state index contributed by atoms with van der Waals surface area (Å²) in [5.74, 6) is 0. The first-order valence-corrected chi connectivity index (χ1v) is 23.5. The third-order valence-electron chi connectivity index (χ3n) is 13.9. The van der Waals surface area contributed by atoms with Gasteiger partial charge in [-0.25, -0.2) is 0 Å². The molecule has 0 N–H and O–H groups in total. The highest BCUT2D eigenvalue weighted by Crippen LogP contribution is 2.57. The van der Waals surface area contributed by atoms with Gasteiger partial charge in [0.1, 0.15) is 0 Å². The predicted octanol–water partition coefficient (Wildman–Crippen LogP) is 17.6. The van der Waals surface area contributed by atoms with E-state index in [0.717, 1.165) is 45.0 Å². The van der Waals surface area contributed by atoms with Crippen LogP contribution in [0.25, 0.3) is 73.0 Å². The second-order valence-corrected chi connectivity index (χ2v) is 17.7. The monoisotopic (exact) mass is 868 g/mol. The Labute approximate surface area is 398 Å². The van der Waals surface area contributed by atoms with E-state index in [2.05, 4.69) is 278 Å². The summed E-state index contributed by atoms with van der Waals surface area (Å²) in [5, 5.41) is 2.49. The Morgan fingerprint density at radius 3 is 1.72 bits per heavy atom. The van der Waals surface area contributed by atoms with Crippen LogP contribution >= 0.6 is 0 Å². The van der Waals surface area contributed by atoms with Crippen LogP contribution in [0.5, 0.6) is 0 Å². The molecule has 2 nitrogen and oxygen atoms in total. The fraction of sp³-hybridized carbons (Fsp3) is 0.0303. The summed E-state index contributed by atoms with van der Waals surface area (Å²) < 4.78 is 2.37. The molecule has 12 rings (SSSR count). The Bertz CT molecular complexity index is 3670. The number of allylic oxidation sites excluding steroid dienone is 1. The summed E-state index contributed by atoms with van der Waals surface area (Å²) in [6, 6.07) is 89.1. The van der Waals surface area contributed by atoms with Crippen molar-refractivity contribution >= 4 is 51.0 Å². The molecule has 322 valence electrons. The first kappa shape index (κ1) is 40.8. The maximum absolute atomic E-state index is 4.26. The highest BCUT2D eigenvalue weighted by atomic mass is 15.1. The molecule has 0 amide bonds. The number of aromatic nitrogens is 1. The van der Waals surface area contributed by atoms with Crippen molar-refractivity contribution in [3.8, 4) is 39.1 Å². The Morgan fingerprint density at radius 2 is 0.985 bits per heavy atom. The second kappa shape index (κ2) is 16.9. The van der Waals surface area contributed by atoms with Gasteiger partial charge in [-0.2, -0.15) is 0 Å². The molecule has 0 fully saturated rings. The van der Waals surface area contributed by atoms with Crippen molar-refractivity contribution in [3.63, 3.8) is 0 Å². The lowest BCUT2D eigenvalue weighted by atomic mass is 9.67. The minimum Gasteiger partial charge on any atom is -0.310 e. The average molecular weight is 869 g/mol. The number of para-hydroxylation sites is 2. The second-order valence-electron chi connectivity index (χ2n) is 17.7. The summed E-state index contributed by atoms with van der Waals surface area (Å²) in [6.07, 6.45) is 6.20. The highest BCUT2D eigenvalue weighted by Gasteiger charge is 2.46. The van der Waals surface area contributed by atoms with Crippen LogP contribution in [0.2, 0.25) is 0 Å². The van der Waals surface area contributed by atoms with Gasteiger partial charge in [-0.3, -0.25) is 0 Å². The van der Waals surface area contributed by atoms with E-state index in [1.807, 2.05) is 6.08 Å². The maximum atomic E-state index is 4.26. The van der Waals surface area contributed by atoms with Gasteiger partial charge in [0.15, 0.2) is 0 Å². The van der Waals surface area contributed by atoms with Gasteiger partial charge in [0.2, 0.25) is 0 Å².